The molecule has 2 aromatic carbocycles. The molecule has 0 bridgehead atoms. The highest BCUT2D eigenvalue weighted by atomic mass is 16.2. The number of hydrogen-bond donors (Lipinski definition) is 1. The van der Waals surface area contributed by atoms with Gasteiger partial charge >= 0.3 is 0 Å². The molecular weight excluding hydrogens is 418 g/mol. The number of anilines is 1. The molecule has 8 heteroatoms. The molecule has 2 aliphatic rings. The van der Waals surface area contributed by atoms with Crippen molar-refractivity contribution >= 4 is 23.5 Å². The molecule has 0 radical (unpaired) electrons. The fourth-order valence-corrected chi connectivity index (χ4v) is 4.51. The van der Waals surface area contributed by atoms with Gasteiger partial charge in [0.25, 0.3) is 5.91 Å². The average molecular weight is 444 g/mol. The van der Waals surface area contributed by atoms with Crippen LogP contribution in [-0.4, -0.2) is 52.5 Å². The molecule has 1 unspecified atom stereocenters. The first-order valence-corrected chi connectivity index (χ1v) is 11.0. The number of nitrogens with one attached hydrogen (secondary N) is 1. The third-order valence-electron chi connectivity index (χ3n) is 6.21. The number of amides is 3. The Labute approximate surface area is 191 Å². The van der Waals surface area contributed by atoms with E-state index in [0.717, 1.165) is 28.2 Å². The molecule has 1 saturated heterocycles. The van der Waals surface area contributed by atoms with Gasteiger partial charge in [-0.1, -0.05) is 36.4 Å². The Bertz CT molecular complexity index is 1250. The van der Waals surface area contributed by atoms with Crippen LogP contribution >= 0.6 is 0 Å². The van der Waals surface area contributed by atoms with Gasteiger partial charge in [-0.05, 0) is 29.7 Å². The molecular formula is C25H25N5O3. The Hall–Kier alpha value is -3.94. The molecule has 3 heterocycles. The molecule has 0 aliphatic carbocycles. The van der Waals surface area contributed by atoms with Crippen molar-refractivity contribution in [3.05, 3.63) is 71.3 Å². The van der Waals surface area contributed by atoms with E-state index >= 15 is 0 Å². The maximum atomic E-state index is 13.0. The van der Waals surface area contributed by atoms with Gasteiger partial charge in [0.1, 0.15) is 11.9 Å². The fourth-order valence-electron chi connectivity index (χ4n) is 4.51. The summed E-state index contributed by atoms with van der Waals surface area (Å²) in [7, 11) is 3.98. The third-order valence-corrected chi connectivity index (χ3v) is 6.21. The maximum Gasteiger partial charge on any atom is 0.255 e. The zero-order valence-corrected chi connectivity index (χ0v) is 18.6. The van der Waals surface area contributed by atoms with E-state index in [4.69, 9.17) is 5.10 Å². The quantitative estimate of drug-likeness (QED) is 0.612. The standard InChI is InChI=1S/C25H25N5O3/c1-28(2)23-13-20(27-30(23)14-16-6-4-3-5-7-16)17-8-9-19-18(12-17)15-29(25(19)33)21-10-11-22(31)26-24(21)32/h3-9,12-13,21H,10-11,14-15H2,1-2H3,(H,26,31,32). The number of nitrogens with zero attached hydrogens (tertiary/aromatic N) is 4. The number of benzene rings is 2. The SMILES string of the molecule is CN(C)c1cc(-c2ccc3c(c2)CN(C2CCC(=O)NC2=O)C3=O)nn1Cc1ccccc1. The summed E-state index contributed by atoms with van der Waals surface area (Å²) in [5.41, 5.74) is 4.37. The van der Waals surface area contributed by atoms with Crippen molar-refractivity contribution in [2.24, 2.45) is 0 Å². The van der Waals surface area contributed by atoms with E-state index in [1.807, 2.05) is 66.1 Å². The number of rotatable bonds is 5. The molecule has 33 heavy (non-hydrogen) atoms. The molecule has 2 aliphatic heterocycles. The Morgan fingerprint density at radius 1 is 1.06 bits per heavy atom. The van der Waals surface area contributed by atoms with Crippen LogP contribution in [0.2, 0.25) is 0 Å². The van der Waals surface area contributed by atoms with E-state index in [2.05, 4.69) is 17.4 Å². The van der Waals surface area contributed by atoms with Crippen molar-refractivity contribution in [3.8, 4) is 11.3 Å². The van der Waals surface area contributed by atoms with Crippen LogP contribution in [0.4, 0.5) is 5.82 Å². The number of piperidine rings is 1. The fraction of sp³-hybridized carbons (Fsp3) is 0.280. The van der Waals surface area contributed by atoms with Gasteiger partial charge < -0.3 is 9.80 Å². The monoisotopic (exact) mass is 443 g/mol. The number of fused-ring (bicyclic) bond motifs is 1. The summed E-state index contributed by atoms with van der Waals surface area (Å²) in [5.74, 6) is 0.124. The van der Waals surface area contributed by atoms with Crippen molar-refractivity contribution in [2.45, 2.75) is 32.0 Å². The van der Waals surface area contributed by atoms with Crippen LogP contribution < -0.4 is 10.2 Å². The Balaban J connectivity index is 1.43. The van der Waals surface area contributed by atoms with E-state index in [1.165, 1.54) is 0 Å². The molecule has 1 N–H and O–H groups in total. The second-order valence-corrected chi connectivity index (χ2v) is 8.70. The molecule has 3 amide bonds. The summed E-state index contributed by atoms with van der Waals surface area (Å²) in [6.07, 6.45) is 0.598. The van der Waals surface area contributed by atoms with Crippen LogP contribution in [0.5, 0.6) is 0 Å². The van der Waals surface area contributed by atoms with Crippen molar-refractivity contribution in [1.82, 2.24) is 20.0 Å². The van der Waals surface area contributed by atoms with Crippen LogP contribution in [0, 0.1) is 0 Å². The van der Waals surface area contributed by atoms with Gasteiger partial charge in [-0.3, -0.25) is 19.7 Å². The highest BCUT2D eigenvalue weighted by Crippen LogP contribution is 2.32. The normalized spacial score (nSPS) is 17.8. The predicted octanol–water partition coefficient (Wildman–Crippen LogP) is 2.43. The summed E-state index contributed by atoms with van der Waals surface area (Å²) in [6.45, 7) is 1.00. The average Bonchev–Trinajstić information content (AvgIpc) is 3.36. The van der Waals surface area contributed by atoms with Crippen LogP contribution in [0.15, 0.2) is 54.6 Å². The van der Waals surface area contributed by atoms with Crippen LogP contribution in [0.25, 0.3) is 11.3 Å². The van der Waals surface area contributed by atoms with Gasteiger partial charge in [-0.25, -0.2) is 4.68 Å². The van der Waals surface area contributed by atoms with Gasteiger partial charge in [0.2, 0.25) is 11.8 Å². The molecule has 3 aromatic rings. The molecule has 1 aromatic heterocycles. The summed E-state index contributed by atoms with van der Waals surface area (Å²) >= 11 is 0. The highest BCUT2D eigenvalue weighted by molar-refractivity contribution is 6.05. The van der Waals surface area contributed by atoms with Crippen molar-refractivity contribution in [1.29, 1.82) is 0 Å². The highest BCUT2D eigenvalue weighted by Gasteiger charge is 2.39. The Morgan fingerprint density at radius 3 is 2.58 bits per heavy atom. The third kappa shape index (κ3) is 3.88. The van der Waals surface area contributed by atoms with E-state index in [0.29, 0.717) is 25.1 Å². The minimum atomic E-state index is -0.614. The van der Waals surface area contributed by atoms with E-state index in [-0.39, 0.29) is 18.2 Å². The lowest BCUT2D eigenvalue weighted by Gasteiger charge is -2.29. The number of hydrogen-bond acceptors (Lipinski definition) is 5. The summed E-state index contributed by atoms with van der Waals surface area (Å²) in [4.78, 5) is 40.3. The van der Waals surface area contributed by atoms with Crippen LogP contribution in [0.3, 0.4) is 0 Å². The van der Waals surface area contributed by atoms with Crippen molar-refractivity contribution in [2.75, 3.05) is 19.0 Å². The number of imide groups is 1. The maximum absolute atomic E-state index is 13.0. The lowest BCUT2D eigenvalue weighted by molar-refractivity contribution is -0.136. The van der Waals surface area contributed by atoms with Gasteiger partial charge in [0.05, 0.1) is 12.2 Å². The second kappa shape index (κ2) is 8.20. The number of carbonyl (C=O) groups excluding carboxylic acids is 3. The molecule has 168 valence electrons. The lowest BCUT2D eigenvalue weighted by Crippen LogP contribution is -2.52. The molecule has 0 spiro atoms. The lowest BCUT2D eigenvalue weighted by atomic mass is 10.0. The Morgan fingerprint density at radius 2 is 1.85 bits per heavy atom. The summed E-state index contributed by atoms with van der Waals surface area (Å²) in [5, 5.41) is 7.19. The molecule has 1 atom stereocenters. The molecule has 8 nitrogen and oxygen atoms in total. The van der Waals surface area contributed by atoms with Crippen LogP contribution in [0.1, 0.15) is 34.3 Å². The number of aromatic nitrogens is 2. The molecule has 1 fully saturated rings. The largest absolute Gasteiger partial charge is 0.363 e. The Kier molecular flexibility index (Phi) is 5.20. The van der Waals surface area contributed by atoms with Gasteiger partial charge in [0.15, 0.2) is 0 Å². The summed E-state index contributed by atoms with van der Waals surface area (Å²) in [6, 6.07) is 17.3. The summed E-state index contributed by atoms with van der Waals surface area (Å²) < 4.78 is 1.97. The zero-order chi connectivity index (χ0) is 23.1. The molecule has 0 saturated carbocycles. The van der Waals surface area contributed by atoms with E-state index < -0.39 is 11.9 Å². The van der Waals surface area contributed by atoms with Crippen molar-refractivity contribution < 1.29 is 14.4 Å². The van der Waals surface area contributed by atoms with E-state index in [9.17, 15) is 14.4 Å². The molecule has 5 rings (SSSR count). The van der Waals surface area contributed by atoms with Crippen LogP contribution in [-0.2, 0) is 22.7 Å². The first-order chi connectivity index (χ1) is 15.9. The smallest absolute Gasteiger partial charge is 0.255 e. The first kappa shape index (κ1) is 20.9. The second-order valence-electron chi connectivity index (χ2n) is 8.70. The predicted molar refractivity (Wildman–Crippen MR) is 124 cm³/mol. The van der Waals surface area contributed by atoms with E-state index in [1.54, 1.807) is 4.90 Å². The zero-order valence-electron chi connectivity index (χ0n) is 18.6. The van der Waals surface area contributed by atoms with Crippen molar-refractivity contribution in [3.63, 3.8) is 0 Å². The van der Waals surface area contributed by atoms with Gasteiger partial charge in [0, 0.05) is 44.3 Å². The first-order valence-electron chi connectivity index (χ1n) is 11.0. The minimum absolute atomic E-state index is 0.172. The van der Waals surface area contributed by atoms with Gasteiger partial charge in [-0.2, -0.15) is 5.10 Å². The number of carbonyl (C=O) groups is 3. The topological polar surface area (TPSA) is 87.5 Å². The van der Waals surface area contributed by atoms with Gasteiger partial charge in [-0.15, -0.1) is 0 Å². The minimum Gasteiger partial charge on any atom is -0.363 e.